The van der Waals surface area contributed by atoms with E-state index in [0.717, 1.165) is 24.3 Å². The second-order valence-electron chi connectivity index (χ2n) is 7.59. The van der Waals surface area contributed by atoms with Crippen LogP contribution in [0.25, 0.3) is 0 Å². The van der Waals surface area contributed by atoms with E-state index in [-0.39, 0.29) is 19.4 Å². The van der Waals surface area contributed by atoms with Crippen molar-refractivity contribution in [2.24, 2.45) is 0 Å². The molecule has 0 spiro atoms. The van der Waals surface area contributed by atoms with E-state index in [1.165, 1.54) is 0 Å². The van der Waals surface area contributed by atoms with Crippen molar-refractivity contribution in [2.45, 2.75) is 68.3 Å². The van der Waals surface area contributed by atoms with E-state index in [1.807, 2.05) is 0 Å². The quantitative estimate of drug-likeness (QED) is 0.652. The van der Waals surface area contributed by atoms with Gasteiger partial charge in [-0.05, 0) is 46.1 Å². The molecule has 1 aromatic carbocycles. The summed E-state index contributed by atoms with van der Waals surface area (Å²) in [5.74, 6) is 0. The molecule has 1 unspecified atom stereocenters. The third-order valence-corrected chi connectivity index (χ3v) is 6.26. The van der Waals surface area contributed by atoms with Crippen LogP contribution in [0.3, 0.4) is 0 Å². The van der Waals surface area contributed by atoms with Crippen molar-refractivity contribution in [3.05, 3.63) is 29.8 Å². The minimum absolute atomic E-state index is 0.110. The Bertz CT molecular complexity index is 821. The molecule has 1 heterocycles. The summed E-state index contributed by atoms with van der Waals surface area (Å²) < 4.78 is 87.2. The van der Waals surface area contributed by atoms with Gasteiger partial charge in [-0.1, -0.05) is 18.2 Å². The fourth-order valence-corrected chi connectivity index (χ4v) is 4.67. The van der Waals surface area contributed by atoms with Gasteiger partial charge in [-0.15, -0.1) is 0 Å². The summed E-state index contributed by atoms with van der Waals surface area (Å²) in [7, 11) is -5.49. The van der Waals surface area contributed by atoms with Gasteiger partial charge >= 0.3 is 11.3 Å². The lowest BCUT2D eigenvalue weighted by Crippen LogP contribution is -2.56. The molecule has 0 aromatic heterocycles. The van der Waals surface area contributed by atoms with Crippen molar-refractivity contribution >= 4 is 15.9 Å². The topological polar surface area (TPSA) is 63.7 Å². The molecule has 1 aliphatic rings. The molecule has 0 saturated carbocycles. The highest BCUT2D eigenvalue weighted by Crippen LogP contribution is 2.41. The number of carbonyl (C=O) groups is 1. The summed E-state index contributed by atoms with van der Waals surface area (Å²) in [6.45, 7) is 4.55. The Labute approximate surface area is 161 Å². The molecule has 0 radical (unpaired) electrons. The molecule has 10 heteroatoms. The van der Waals surface area contributed by atoms with Gasteiger partial charge in [0.1, 0.15) is 11.6 Å². The molecule has 5 nitrogen and oxygen atoms in total. The van der Waals surface area contributed by atoms with Gasteiger partial charge in [0.15, 0.2) is 0 Å². The van der Waals surface area contributed by atoms with E-state index in [1.54, 1.807) is 20.8 Å². The highest BCUT2D eigenvalue weighted by molar-refractivity contribution is 7.92. The smallest absolute Gasteiger partial charge is 0.410 e. The van der Waals surface area contributed by atoms with Crippen LogP contribution in [0.15, 0.2) is 29.2 Å². The van der Waals surface area contributed by atoms with E-state index < -0.39 is 49.7 Å². The van der Waals surface area contributed by atoms with Crippen LogP contribution in [0, 0.1) is 0 Å². The average molecular weight is 425 g/mol. The molecule has 0 aliphatic carbocycles. The summed E-state index contributed by atoms with van der Waals surface area (Å²) in [6.07, 6.45) is -3.92. The third kappa shape index (κ3) is 4.42. The summed E-state index contributed by atoms with van der Waals surface area (Å²) in [6, 6.07) is 1.76. The maximum absolute atomic E-state index is 15.2. The van der Waals surface area contributed by atoms with Crippen molar-refractivity contribution in [1.82, 2.24) is 4.90 Å². The summed E-state index contributed by atoms with van der Waals surface area (Å²) in [5, 5.41) is -4.46. The predicted molar refractivity (Wildman–Crippen MR) is 94.1 cm³/mol. The standard InChI is InChI=1S/C18H23F4NO4S/c1-17(2,3)27-16(24)23-11-7-6-10-14(23)18(21,22)28(25,26)13-9-5-4-8-12(13)15(19)20/h4-5,8-9,14-15H,6-7,10-11H2,1-3H3. The number of hydrogen-bond donors (Lipinski definition) is 0. The fraction of sp³-hybridized carbons (Fsp3) is 0.611. The number of sulfone groups is 1. The number of amides is 1. The number of ether oxygens (including phenoxy) is 1. The van der Waals surface area contributed by atoms with E-state index in [2.05, 4.69) is 0 Å². The summed E-state index contributed by atoms with van der Waals surface area (Å²) >= 11 is 0. The van der Waals surface area contributed by atoms with Crippen LogP contribution in [-0.2, 0) is 14.6 Å². The molecule has 28 heavy (non-hydrogen) atoms. The van der Waals surface area contributed by atoms with E-state index in [9.17, 15) is 22.0 Å². The van der Waals surface area contributed by atoms with Crippen molar-refractivity contribution in [3.63, 3.8) is 0 Å². The van der Waals surface area contributed by atoms with Crippen molar-refractivity contribution in [3.8, 4) is 0 Å². The maximum atomic E-state index is 15.2. The maximum Gasteiger partial charge on any atom is 0.410 e. The molecule has 0 N–H and O–H groups in total. The van der Waals surface area contributed by atoms with Crippen LogP contribution >= 0.6 is 0 Å². The number of rotatable bonds is 4. The molecule has 158 valence electrons. The summed E-state index contributed by atoms with van der Waals surface area (Å²) in [5.41, 5.74) is -1.96. The van der Waals surface area contributed by atoms with Gasteiger partial charge in [-0.2, -0.15) is 8.78 Å². The number of carbonyl (C=O) groups excluding carboxylic acids is 1. The van der Waals surface area contributed by atoms with Crippen molar-refractivity contribution in [2.75, 3.05) is 6.54 Å². The second-order valence-corrected chi connectivity index (χ2v) is 9.58. The number of likely N-dealkylation sites (tertiary alicyclic amines) is 1. The Morgan fingerprint density at radius 1 is 1.18 bits per heavy atom. The van der Waals surface area contributed by atoms with Gasteiger partial charge in [0, 0.05) is 12.1 Å². The van der Waals surface area contributed by atoms with Gasteiger partial charge in [0.05, 0.1) is 4.90 Å². The first-order chi connectivity index (χ1) is 12.8. The van der Waals surface area contributed by atoms with Gasteiger partial charge in [-0.25, -0.2) is 22.0 Å². The third-order valence-electron chi connectivity index (χ3n) is 4.32. The largest absolute Gasteiger partial charge is 0.444 e. The van der Waals surface area contributed by atoms with Crippen LogP contribution in [0.1, 0.15) is 52.0 Å². The van der Waals surface area contributed by atoms with Crippen molar-refractivity contribution in [1.29, 1.82) is 0 Å². The van der Waals surface area contributed by atoms with E-state index in [4.69, 9.17) is 4.74 Å². The highest BCUT2D eigenvalue weighted by atomic mass is 32.2. The number of halogens is 4. The second kappa shape index (κ2) is 7.88. The first-order valence-electron chi connectivity index (χ1n) is 8.78. The normalized spacial score (nSPS) is 19.0. The zero-order chi connectivity index (χ0) is 21.3. The average Bonchev–Trinajstić information content (AvgIpc) is 2.60. The summed E-state index contributed by atoms with van der Waals surface area (Å²) in [4.78, 5) is 11.9. The Kier molecular flexibility index (Phi) is 6.32. The van der Waals surface area contributed by atoms with E-state index >= 15 is 8.78 Å². The van der Waals surface area contributed by atoms with E-state index in [0.29, 0.717) is 11.3 Å². The van der Waals surface area contributed by atoms with Gasteiger partial charge in [0.25, 0.3) is 6.43 Å². The van der Waals surface area contributed by atoms with Gasteiger partial charge in [0.2, 0.25) is 9.84 Å². The van der Waals surface area contributed by atoms with Crippen LogP contribution in [0.2, 0.25) is 0 Å². The number of nitrogens with zero attached hydrogens (tertiary/aromatic N) is 1. The molecule has 1 saturated heterocycles. The molecule has 1 atom stereocenters. The number of piperidine rings is 1. The van der Waals surface area contributed by atoms with Crippen LogP contribution in [0.5, 0.6) is 0 Å². The first kappa shape index (κ1) is 22.4. The number of benzene rings is 1. The molecule has 1 aliphatic heterocycles. The van der Waals surface area contributed by atoms with Crippen LogP contribution < -0.4 is 0 Å². The lowest BCUT2D eigenvalue weighted by atomic mass is 10.0. The lowest BCUT2D eigenvalue weighted by Gasteiger charge is -2.40. The minimum Gasteiger partial charge on any atom is -0.444 e. The molecule has 2 rings (SSSR count). The molecule has 0 bridgehead atoms. The molecule has 1 aromatic rings. The van der Waals surface area contributed by atoms with Gasteiger partial charge < -0.3 is 4.74 Å². The SMILES string of the molecule is CC(C)(C)OC(=O)N1CCCCC1C(F)(F)S(=O)(=O)c1ccccc1C(F)F. The highest BCUT2D eigenvalue weighted by Gasteiger charge is 2.57. The Morgan fingerprint density at radius 2 is 1.79 bits per heavy atom. The number of hydrogen-bond acceptors (Lipinski definition) is 4. The Balaban J connectivity index is 2.46. The molecular weight excluding hydrogens is 402 g/mol. The van der Waals surface area contributed by atoms with Gasteiger partial charge in [-0.3, -0.25) is 4.90 Å². The van der Waals surface area contributed by atoms with Crippen LogP contribution in [-0.4, -0.2) is 42.9 Å². The lowest BCUT2D eigenvalue weighted by molar-refractivity contribution is -0.0456. The van der Waals surface area contributed by atoms with Crippen molar-refractivity contribution < 1.29 is 35.5 Å². The van der Waals surface area contributed by atoms with Crippen LogP contribution in [0.4, 0.5) is 22.4 Å². The molecule has 1 amide bonds. The number of alkyl halides is 4. The Morgan fingerprint density at radius 3 is 2.36 bits per heavy atom. The zero-order valence-electron chi connectivity index (χ0n) is 15.8. The fourth-order valence-electron chi connectivity index (χ4n) is 3.05. The monoisotopic (exact) mass is 425 g/mol. The first-order valence-corrected chi connectivity index (χ1v) is 10.3. The molecule has 1 fully saturated rings. The Hall–Kier alpha value is -1.84. The molecular formula is C18H23F4NO4S. The predicted octanol–water partition coefficient (Wildman–Crippen LogP) is 4.78. The minimum atomic E-state index is -5.49. The zero-order valence-corrected chi connectivity index (χ0v) is 16.6.